The van der Waals surface area contributed by atoms with Crippen LogP contribution in [0.3, 0.4) is 0 Å². The molecule has 1 fully saturated rings. The molecule has 0 aromatic carbocycles. The number of aliphatic hydroxyl groups excluding tert-OH is 1. The second-order valence-corrected chi connectivity index (χ2v) is 5.93. The van der Waals surface area contributed by atoms with Crippen molar-refractivity contribution in [3.05, 3.63) is 21.9 Å². The zero-order chi connectivity index (χ0) is 14.7. The quantitative estimate of drug-likeness (QED) is 0.801. The van der Waals surface area contributed by atoms with Crippen molar-refractivity contribution in [3.63, 3.8) is 0 Å². The zero-order valence-electron chi connectivity index (χ0n) is 11.3. The Kier molecular flexibility index (Phi) is 5.18. The van der Waals surface area contributed by atoms with Crippen molar-refractivity contribution in [1.82, 2.24) is 15.2 Å². The summed E-state index contributed by atoms with van der Waals surface area (Å²) < 4.78 is 1.74. The number of nitrogens with one attached hydrogen (secondary N) is 2. The molecule has 0 saturated heterocycles. The van der Waals surface area contributed by atoms with Gasteiger partial charge in [0.05, 0.1) is 17.7 Å². The molecule has 2 rings (SSSR count). The smallest absolute Gasteiger partial charge is 0.315 e. The Bertz CT molecular complexity index is 482. The highest BCUT2D eigenvalue weighted by molar-refractivity contribution is 6.41. The summed E-state index contributed by atoms with van der Waals surface area (Å²) in [7, 11) is 1.80. The van der Waals surface area contributed by atoms with E-state index in [1.165, 1.54) is 0 Å². The maximum Gasteiger partial charge on any atom is 0.315 e. The van der Waals surface area contributed by atoms with Crippen LogP contribution in [0, 0.1) is 0 Å². The van der Waals surface area contributed by atoms with Gasteiger partial charge in [0.1, 0.15) is 5.15 Å². The molecule has 1 heterocycles. The SMILES string of the molecule is Cn1c(CNC(=O)NC2CCC(O)CC2)cc(Cl)c1Cl. The van der Waals surface area contributed by atoms with Crippen molar-refractivity contribution < 1.29 is 9.90 Å². The number of halogens is 2. The predicted molar refractivity (Wildman–Crippen MR) is 79.1 cm³/mol. The molecule has 0 bridgehead atoms. The van der Waals surface area contributed by atoms with E-state index in [1.54, 1.807) is 17.7 Å². The van der Waals surface area contributed by atoms with Gasteiger partial charge < -0.3 is 20.3 Å². The Morgan fingerprint density at radius 3 is 2.60 bits per heavy atom. The molecule has 0 aliphatic heterocycles. The summed E-state index contributed by atoms with van der Waals surface area (Å²) >= 11 is 11.9. The minimum Gasteiger partial charge on any atom is -0.393 e. The van der Waals surface area contributed by atoms with E-state index in [2.05, 4.69) is 10.6 Å². The highest BCUT2D eigenvalue weighted by Gasteiger charge is 2.20. The predicted octanol–water partition coefficient (Wildman–Crippen LogP) is 2.43. The maximum atomic E-state index is 11.8. The van der Waals surface area contributed by atoms with Crippen LogP contribution in [-0.4, -0.2) is 27.9 Å². The van der Waals surface area contributed by atoms with E-state index in [4.69, 9.17) is 23.2 Å². The van der Waals surface area contributed by atoms with E-state index in [0.29, 0.717) is 16.7 Å². The van der Waals surface area contributed by atoms with Crippen molar-refractivity contribution in [2.75, 3.05) is 0 Å². The van der Waals surface area contributed by atoms with E-state index >= 15 is 0 Å². The highest BCUT2D eigenvalue weighted by Crippen LogP contribution is 2.25. The molecule has 1 aliphatic rings. The van der Waals surface area contributed by atoms with Gasteiger partial charge in [-0.25, -0.2) is 4.79 Å². The van der Waals surface area contributed by atoms with E-state index < -0.39 is 0 Å². The highest BCUT2D eigenvalue weighted by atomic mass is 35.5. The van der Waals surface area contributed by atoms with E-state index in [-0.39, 0.29) is 18.2 Å². The lowest BCUT2D eigenvalue weighted by molar-refractivity contribution is 0.117. The Balaban J connectivity index is 1.79. The van der Waals surface area contributed by atoms with Gasteiger partial charge in [-0.15, -0.1) is 0 Å². The van der Waals surface area contributed by atoms with Crippen LogP contribution >= 0.6 is 23.2 Å². The molecular formula is C13H19Cl2N3O2. The summed E-state index contributed by atoms with van der Waals surface area (Å²) in [5.41, 5.74) is 0.842. The van der Waals surface area contributed by atoms with Gasteiger partial charge in [-0.2, -0.15) is 0 Å². The fourth-order valence-electron chi connectivity index (χ4n) is 2.39. The first-order chi connectivity index (χ1) is 9.47. The third-order valence-electron chi connectivity index (χ3n) is 3.68. The van der Waals surface area contributed by atoms with Gasteiger partial charge in [0, 0.05) is 18.8 Å². The summed E-state index contributed by atoms with van der Waals surface area (Å²) in [6.45, 7) is 0.365. The summed E-state index contributed by atoms with van der Waals surface area (Å²) in [5, 5.41) is 16.1. The van der Waals surface area contributed by atoms with Crippen LogP contribution in [0.15, 0.2) is 6.07 Å². The van der Waals surface area contributed by atoms with Gasteiger partial charge in [-0.3, -0.25) is 0 Å². The molecule has 5 nitrogen and oxygen atoms in total. The van der Waals surface area contributed by atoms with Crippen molar-refractivity contribution in [3.8, 4) is 0 Å². The van der Waals surface area contributed by atoms with Gasteiger partial charge in [0.25, 0.3) is 0 Å². The summed E-state index contributed by atoms with van der Waals surface area (Å²) in [4.78, 5) is 11.8. The normalized spacial score (nSPS) is 22.6. The minimum atomic E-state index is -0.219. The number of rotatable bonds is 3. The number of hydrogen-bond donors (Lipinski definition) is 3. The van der Waals surface area contributed by atoms with E-state index in [9.17, 15) is 9.90 Å². The first-order valence-electron chi connectivity index (χ1n) is 6.69. The monoisotopic (exact) mass is 319 g/mol. The number of hydrogen-bond acceptors (Lipinski definition) is 2. The number of nitrogens with zero attached hydrogens (tertiary/aromatic N) is 1. The third kappa shape index (κ3) is 3.81. The van der Waals surface area contributed by atoms with Crippen LogP contribution < -0.4 is 10.6 Å². The van der Waals surface area contributed by atoms with Crippen LogP contribution in [0.25, 0.3) is 0 Å². The fourth-order valence-corrected chi connectivity index (χ4v) is 2.80. The first-order valence-corrected chi connectivity index (χ1v) is 7.45. The molecule has 1 aromatic heterocycles. The molecular weight excluding hydrogens is 301 g/mol. The lowest BCUT2D eigenvalue weighted by atomic mass is 9.93. The van der Waals surface area contributed by atoms with Crippen molar-refractivity contribution in [2.45, 2.75) is 44.4 Å². The van der Waals surface area contributed by atoms with Crippen LogP contribution in [0.5, 0.6) is 0 Å². The number of carbonyl (C=O) groups excluding carboxylic acids is 1. The molecule has 0 radical (unpaired) electrons. The van der Waals surface area contributed by atoms with Crippen LogP contribution in [0.1, 0.15) is 31.4 Å². The molecule has 112 valence electrons. The molecule has 1 aromatic rings. The van der Waals surface area contributed by atoms with Gasteiger partial charge in [0.15, 0.2) is 0 Å². The van der Waals surface area contributed by atoms with Gasteiger partial charge >= 0.3 is 6.03 Å². The largest absolute Gasteiger partial charge is 0.393 e. The van der Waals surface area contributed by atoms with Crippen molar-refractivity contribution in [2.24, 2.45) is 7.05 Å². The van der Waals surface area contributed by atoms with Crippen molar-refractivity contribution in [1.29, 1.82) is 0 Å². The summed E-state index contributed by atoms with van der Waals surface area (Å²) in [6, 6.07) is 1.67. The number of carbonyl (C=O) groups is 1. The van der Waals surface area contributed by atoms with Crippen LogP contribution in [0.2, 0.25) is 10.2 Å². The second-order valence-electron chi connectivity index (χ2n) is 5.17. The average Bonchev–Trinajstić information content (AvgIpc) is 2.66. The Morgan fingerprint density at radius 1 is 1.40 bits per heavy atom. The van der Waals surface area contributed by atoms with Crippen LogP contribution in [-0.2, 0) is 13.6 Å². The van der Waals surface area contributed by atoms with Crippen LogP contribution in [0.4, 0.5) is 4.79 Å². The number of amides is 2. The molecule has 0 spiro atoms. The molecule has 1 aliphatic carbocycles. The standard InChI is InChI=1S/C13H19Cl2N3O2/c1-18-9(6-11(14)12(18)15)7-16-13(20)17-8-2-4-10(19)5-3-8/h6,8,10,19H,2-5,7H2,1H3,(H2,16,17,20). The molecule has 1 saturated carbocycles. The molecule has 7 heteroatoms. The van der Waals surface area contributed by atoms with E-state index in [1.807, 2.05) is 0 Å². The third-order valence-corrected chi connectivity index (χ3v) is 4.52. The summed E-state index contributed by atoms with van der Waals surface area (Å²) in [6.07, 6.45) is 2.90. The van der Waals surface area contributed by atoms with E-state index in [0.717, 1.165) is 31.4 Å². The second kappa shape index (κ2) is 6.70. The lowest BCUT2D eigenvalue weighted by Gasteiger charge is -2.26. The molecule has 2 amide bonds. The number of aliphatic hydroxyl groups is 1. The average molecular weight is 320 g/mol. The van der Waals surface area contributed by atoms with Gasteiger partial charge in [0.2, 0.25) is 0 Å². The molecule has 20 heavy (non-hydrogen) atoms. The maximum absolute atomic E-state index is 11.8. The van der Waals surface area contributed by atoms with Gasteiger partial charge in [-0.1, -0.05) is 23.2 Å². The Labute approximate surface area is 128 Å². The Morgan fingerprint density at radius 2 is 2.05 bits per heavy atom. The zero-order valence-corrected chi connectivity index (χ0v) is 12.8. The molecule has 0 unspecified atom stereocenters. The fraction of sp³-hybridized carbons (Fsp3) is 0.615. The number of urea groups is 1. The topological polar surface area (TPSA) is 66.3 Å². The molecule has 0 atom stereocenters. The summed E-state index contributed by atoms with van der Waals surface area (Å²) in [5.74, 6) is 0. The lowest BCUT2D eigenvalue weighted by Crippen LogP contribution is -2.44. The van der Waals surface area contributed by atoms with Gasteiger partial charge in [-0.05, 0) is 31.7 Å². The molecule has 3 N–H and O–H groups in total. The number of aromatic nitrogens is 1. The minimum absolute atomic E-state index is 0.138. The van der Waals surface area contributed by atoms with Crippen molar-refractivity contribution >= 4 is 29.2 Å². The Hall–Kier alpha value is -0.910. The first kappa shape index (κ1) is 15.5.